The lowest BCUT2D eigenvalue weighted by atomic mass is 10.5. The van der Waals surface area contributed by atoms with Crippen molar-refractivity contribution in [3.05, 3.63) is 0 Å². The van der Waals surface area contributed by atoms with E-state index in [0.29, 0.717) is 12.5 Å². The predicted molar refractivity (Wildman–Crippen MR) is 88.4 cm³/mol. The number of ether oxygens (including phenoxy) is 1. The molecule has 0 aromatic carbocycles. The Balaban J connectivity index is 4.91. The third kappa shape index (κ3) is 10.3. The molecule has 0 bridgehead atoms. The van der Waals surface area contributed by atoms with Gasteiger partial charge in [-0.15, -0.1) is 12.6 Å². The van der Waals surface area contributed by atoms with E-state index in [1.54, 1.807) is 0 Å². The van der Waals surface area contributed by atoms with Gasteiger partial charge >= 0.3 is 14.8 Å². The molecule has 0 aromatic heterocycles. The molecule has 0 saturated carbocycles. The van der Waals surface area contributed by atoms with Crippen molar-refractivity contribution in [2.45, 2.75) is 84.7 Å². The van der Waals surface area contributed by atoms with Crippen LogP contribution in [0.4, 0.5) is 0 Å². The molecule has 0 saturated heterocycles. The zero-order valence-electron chi connectivity index (χ0n) is 14.2. The van der Waals surface area contributed by atoms with E-state index in [1.165, 1.54) is 6.92 Å². The largest absolute Gasteiger partial charge is 0.501 e. The van der Waals surface area contributed by atoms with Gasteiger partial charge in [0.1, 0.15) is 5.44 Å². The Labute approximate surface area is 135 Å². The molecule has 0 N–H and O–H groups in total. The predicted octanol–water partition coefficient (Wildman–Crippen LogP) is 3.41. The Kier molecular flexibility index (Phi) is 9.80. The van der Waals surface area contributed by atoms with Crippen LogP contribution in [0.15, 0.2) is 0 Å². The molecule has 0 aromatic rings. The van der Waals surface area contributed by atoms with Crippen LogP contribution in [0.1, 0.15) is 54.9 Å². The van der Waals surface area contributed by atoms with Crippen LogP contribution in [0.2, 0.25) is 6.04 Å². The normalized spacial score (nSPS) is 14.0. The Morgan fingerprint density at radius 1 is 0.952 bits per heavy atom. The van der Waals surface area contributed by atoms with Crippen molar-refractivity contribution < 1.29 is 22.8 Å². The number of rotatable bonds is 10. The smallest absolute Gasteiger partial charge is 0.452 e. The summed E-state index contributed by atoms with van der Waals surface area (Å²) in [4.78, 5) is 11.0. The highest BCUT2D eigenvalue weighted by molar-refractivity contribution is 7.80. The molecule has 21 heavy (non-hydrogen) atoms. The van der Waals surface area contributed by atoms with Gasteiger partial charge in [0.15, 0.2) is 0 Å². The molecule has 1 unspecified atom stereocenters. The first kappa shape index (κ1) is 20.9. The zero-order chi connectivity index (χ0) is 16.6. The minimum absolute atomic E-state index is 0.00117. The first-order chi connectivity index (χ1) is 9.56. The Hall–Kier alpha value is -0.0831. The van der Waals surface area contributed by atoms with Crippen LogP contribution >= 0.6 is 12.6 Å². The van der Waals surface area contributed by atoms with Gasteiger partial charge in [0.05, 0.1) is 0 Å². The maximum Gasteiger partial charge on any atom is 0.501 e. The Morgan fingerprint density at radius 2 is 1.33 bits per heavy atom. The van der Waals surface area contributed by atoms with E-state index in [1.807, 2.05) is 41.5 Å². The molecule has 0 spiro atoms. The van der Waals surface area contributed by atoms with E-state index >= 15 is 0 Å². The van der Waals surface area contributed by atoms with Crippen molar-refractivity contribution in [1.29, 1.82) is 0 Å². The van der Waals surface area contributed by atoms with Crippen LogP contribution < -0.4 is 0 Å². The third-order valence-electron chi connectivity index (χ3n) is 2.25. The summed E-state index contributed by atoms with van der Waals surface area (Å²) in [5.41, 5.74) is -0.475. The summed E-state index contributed by atoms with van der Waals surface area (Å²) in [6.07, 6.45) is 0.532. The monoisotopic (exact) mass is 338 g/mol. The molecular formula is C14H30O5SSi. The first-order valence-electron chi connectivity index (χ1n) is 7.45. The highest BCUT2D eigenvalue weighted by Gasteiger charge is 2.44. The molecule has 0 rings (SSSR count). The van der Waals surface area contributed by atoms with Gasteiger partial charge in [-0.3, -0.25) is 4.79 Å². The SMILES string of the molecule is CC(=O)OC(S)CC[Si](OC(C)C)(OC(C)C)OC(C)C. The molecule has 0 aliphatic carbocycles. The maximum absolute atomic E-state index is 11.0. The van der Waals surface area contributed by atoms with E-state index < -0.39 is 14.2 Å². The molecule has 0 amide bonds. The van der Waals surface area contributed by atoms with Crippen LogP contribution in [-0.2, 0) is 22.8 Å². The second kappa shape index (κ2) is 9.84. The molecule has 0 heterocycles. The second-order valence-electron chi connectivity index (χ2n) is 5.79. The molecule has 0 aliphatic heterocycles. The van der Waals surface area contributed by atoms with Crippen LogP contribution in [0.5, 0.6) is 0 Å². The van der Waals surface area contributed by atoms with E-state index in [9.17, 15) is 4.79 Å². The molecule has 0 radical (unpaired) electrons. The number of thiol groups is 1. The lowest BCUT2D eigenvalue weighted by Gasteiger charge is -2.35. The van der Waals surface area contributed by atoms with E-state index in [4.69, 9.17) is 18.0 Å². The Bertz CT molecular complexity index is 283. The van der Waals surface area contributed by atoms with Gasteiger partial charge in [-0.1, -0.05) is 0 Å². The minimum Gasteiger partial charge on any atom is -0.452 e. The lowest BCUT2D eigenvalue weighted by molar-refractivity contribution is -0.142. The van der Waals surface area contributed by atoms with Gasteiger partial charge in [0.25, 0.3) is 0 Å². The molecular weight excluding hydrogens is 308 g/mol. The standard InChI is InChI=1S/C14H30O5SSi/c1-10(2)17-21(18-11(3)4,19-12(5)6)9-8-14(20)16-13(7)15/h10-12,14,20H,8-9H2,1-7H3. The molecule has 0 fully saturated rings. The highest BCUT2D eigenvalue weighted by atomic mass is 32.1. The van der Waals surface area contributed by atoms with Gasteiger partial charge < -0.3 is 18.0 Å². The van der Waals surface area contributed by atoms with Crippen LogP contribution in [0.25, 0.3) is 0 Å². The van der Waals surface area contributed by atoms with E-state index in [0.717, 1.165) is 0 Å². The van der Waals surface area contributed by atoms with E-state index in [2.05, 4.69) is 12.6 Å². The summed E-state index contributed by atoms with van der Waals surface area (Å²) in [5.74, 6) is -0.346. The minimum atomic E-state index is -2.84. The number of esters is 1. The second-order valence-corrected chi connectivity index (χ2v) is 8.93. The van der Waals surface area contributed by atoms with Crippen LogP contribution in [0.3, 0.4) is 0 Å². The Morgan fingerprint density at radius 3 is 1.62 bits per heavy atom. The third-order valence-corrected chi connectivity index (χ3v) is 6.00. The molecule has 7 heteroatoms. The number of carbonyl (C=O) groups is 1. The van der Waals surface area contributed by atoms with Crippen LogP contribution in [0, 0.1) is 0 Å². The number of hydrogen-bond acceptors (Lipinski definition) is 6. The van der Waals surface area contributed by atoms with Crippen molar-refractivity contribution in [2.75, 3.05) is 0 Å². The first-order valence-corrected chi connectivity index (χ1v) is 9.90. The summed E-state index contributed by atoms with van der Waals surface area (Å²) in [7, 11) is -2.84. The fraction of sp³-hybridized carbons (Fsp3) is 0.929. The summed E-state index contributed by atoms with van der Waals surface area (Å²) in [5, 5.41) is 0. The fourth-order valence-electron chi connectivity index (χ4n) is 1.89. The zero-order valence-corrected chi connectivity index (χ0v) is 16.1. The average molecular weight is 339 g/mol. The van der Waals surface area contributed by atoms with Crippen molar-refractivity contribution in [1.82, 2.24) is 0 Å². The fourth-order valence-corrected chi connectivity index (χ4v) is 5.70. The van der Waals surface area contributed by atoms with Gasteiger partial charge in [0, 0.05) is 31.3 Å². The number of carbonyl (C=O) groups excluding carboxylic acids is 1. The van der Waals surface area contributed by atoms with Gasteiger partial charge in [-0.2, -0.15) is 0 Å². The van der Waals surface area contributed by atoms with Crippen molar-refractivity contribution in [3.8, 4) is 0 Å². The maximum atomic E-state index is 11.0. The molecule has 5 nitrogen and oxygen atoms in total. The summed E-state index contributed by atoms with van der Waals surface area (Å²) >= 11 is 4.27. The van der Waals surface area contributed by atoms with Gasteiger partial charge in [-0.25, -0.2) is 0 Å². The summed E-state index contributed by atoms with van der Waals surface area (Å²) in [6.45, 7) is 13.1. The van der Waals surface area contributed by atoms with Crippen molar-refractivity contribution >= 4 is 27.4 Å². The summed E-state index contributed by atoms with van der Waals surface area (Å²) < 4.78 is 23.1. The molecule has 0 aliphatic rings. The topological polar surface area (TPSA) is 54.0 Å². The van der Waals surface area contributed by atoms with Crippen molar-refractivity contribution in [3.63, 3.8) is 0 Å². The quantitative estimate of drug-likeness (QED) is 0.286. The average Bonchev–Trinajstić information content (AvgIpc) is 2.22. The molecule has 126 valence electrons. The highest BCUT2D eigenvalue weighted by Crippen LogP contribution is 2.25. The number of hydrogen-bond donors (Lipinski definition) is 1. The van der Waals surface area contributed by atoms with Gasteiger partial charge in [-0.05, 0) is 48.0 Å². The lowest BCUT2D eigenvalue weighted by Crippen LogP contribution is -2.51. The van der Waals surface area contributed by atoms with Gasteiger partial charge in [0.2, 0.25) is 0 Å². The van der Waals surface area contributed by atoms with Crippen molar-refractivity contribution in [2.24, 2.45) is 0 Å². The van der Waals surface area contributed by atoms with Crippen LogP contribution in [-0.4, -0.2) is 38.5 Å². The molecule has 1 atom stereocenters. The van der Waals surface area contributed by atoms with E-state index in [-0.39, 0.29) is 24.3 Å². The summed E-state index contributed by atoms with van der Waals surface area (Å²) in [6, 6.07) is 0.559.